The Bertz CT molecular complexity index is 926. The molecule has 3 aromatic rings. The van der Waals surface area contributed by atoms with Crippen LogP contribution in [-0.2, 0) is 17.6 Å². The Morgan fingerprint density at radius 3 is 2.50 bits per heavy atom. The summed E-state index contributed by atoms with van der Waals surface area (Å²) in [5.74, 6) is -0.541. The Hall–Kier alpha value is -3.06. The van der Waals surface area contributed by atoms with Gasteiger partial charge in [-0.15, -0.1) is 11.3 Å². The summed E-state index contributed by atoms with van der Waals surface area (Å²) in [5, 5.41) is 7.97. The number of carbonyl (C=O) groups is 2. The van der Waals surface area contributed by atoms with E-state index in [9.17, 15) is 14.0 Å². The minimum absolute atomic E-state index is 0.0648. The lowest BCUT2D eigenvalue weighted by Gasteiger charge is -2.05. The fraction of sp³-hybridized carbons (Fsp3) is 0.190. The molecular formula is C21H20FN3O2S. The van der Waals surface area contributed by atoms with Crippen LogP contribution in [0.3, 0.4) is 0 Å². The van der Waals surface area contributed by atoms with Crippen molar-refractivity contribution in [3.05, 3.63) is 82.6 Å². The van der Waals surface area contributed by atoms with E-state index in [0.29, 0.717) is 36.5 Å². The van der Waals surface area contributed by atoms with E-state index in [2.05, 4.69) is 15.6 Å². The molecule has 0 radical (unpaired) electrons. The van der Waals surface area contributed by atoms with E-state index in [1.54, 1.807) is 36.4 Å². The summed E-state index contributed by atoms with van der Waals surface area (Å²) in [7, 11) is 0. The van der Waals surface area contributed by atoms with Crippen LogP contribution in [0.15, 0.2) is 60.0 Å². The van der Waals surface area contributed by atoms with Crippen LogP contribution in [-0.4, -0.2) is 23.3 Å². The number of anilines is 1. The highest BCUT2D eigenvalue weighted by atomic mass is 32.1. The zero-order valence-corrected chi connectivity index (χ0v) is 16.0. The number of aryl methyl sites for hydroxylation is 1. The maximum atomic E-state index is 12.9. The van der Waals surface area contributed by atoms with Gasteiger partial charge in [0, 0.05) is 23.9 Å². The molecule has 0 aliphatic rings. The molecule has 1 aromatic heterocycles. The monoisotopic (exact) mass is 397 g/mol. The van der Waals surface area contributed by atoms with Crippen molar-refractivity contribution in [2.45, 2.75) is 19.3 Å². The van der Waals surface area contributed by atoms with Crippen molar-refractivity contribution in [3.8, 4) is 0 Å². The molecule has 2 aromatic carbocycles. The van der Waals surface area contributed by atoms with Gasteiger partial charge < -0.3 is 5.32 Å². The van der Waals surface area contributed by atoms with E-state index in [-0.39, 0.29) is 17.6 Å². The lowest BCUT2D eigenvalue weighted by molar-refractivity contribution is -0.121. The highest BCUT2D eigenvalue weighted by Crippen LogP contribution is 2.17. The summed E-state index contributed by atoms with van der Waals surface area (Å²) >= 11 is 1.34. The molecule has 0 saturated carbocycles. The van der Waals surface area contributed by atoms with E-state index in [1.165, 1.54) is 23.5 Å². The summed E-state index contributed by atoms with van der Waals surface area (Å²) in [6.07, 6.45) is 1.47. The molecule has 144 valence electrons. The van der Waals surface area contributed by atoms with Crippen molar-refractivity contribution < 1.29 is 14.0 Å². The molecule has 0 atom stereocenters. The van der Waals surface area contributed by atoms with Crippen LogP contribution < -0.4 is 10.6 Å². The first-order chi connectivity index (χ1) is 13.6. The van der Waals surface area contributed by atoms with Gasteiger partial charge >= 0.3 is 0 Å². The first-order valence-corrected chi connectivity index (χ1v) is 9.80. The van der Waals surface area contributed by atoms with Crippen LogP contribution in [0.25, 0.3) is 0 Å². The van der Waals surface area contributed by atoms with Crippen molar-refractivity contribution in [1.82, 2.24) is 10.3 Å². The maximum Gasteiger partial charge on any atom is 0.257 e. The molecule has 0 unspecified atom stereocenters. The van der Waals surface area contributed by atoms with Gasteiger partial charge in [0.1, 0.15) is 5.82 Å². The zero-order valence-electron chi connectivity index (χ0n) is 15.2. The number of hydrogen-bond acceptors (Lipinski definition) is 4. The van der Waals surface area contributed by atoms with Crippen LogP contribution in [0, 0.1) is 5.82 Å². The predicted molar refractivity (Wildman–Crippen MR) is 108 cm³/mol. The lowest BCUT2D eigenvalue weighted by Crippen LogP contribution is -2.25. The van der Waals surface area contributed by atoms with E-state index in [4.69, 9.17) is 0 Å². The van der Waals surface area contributed by atoms with Gasteiger partial charge in [0.2, 0.25) is 5.91 Å². The average Bonchev–Trinajstić information content (AvgIpc) is 3.16. The first-order valence-electron chi connectivity index (χ1n) is 8.92. The van der Waals surface area contributed by atoms with Gasteiger partial charge in [-0.1, -0.05) is 30.3 Å². The molecule has 1 heterocycles. The SMILES string of the molecule is O=C(CCc1csc(NC(=O)c2ccccc2)n1)NCCc1ccc(F)cc1. The summed E-state index contributed by atoms with van der Waals surface area (Å²) in [5.41, 5.74) is 2.31. The maximum absolute atomic E-state index is 12.9. The average molecular weight is 397 g/mol. The lowest BCUT2D eigenvalue weighted by atomic mass is 10.1. The highest BCUT2D eigenvalue weighted by molar-refractivity contribution is 7.14. The van der Waals surface area contributed by atoms with Gasteiger partial charge in [-0.2, -0.15) is 0 Å². The van der Waals surface area contributed by atoms with Gasteiger partial charge in [-0.25, -0.2) is 9.37 Å². The van der Waals surface area contributed by atoms with Crippen LogP contribution in [0.5, 0.6) is 0 Å². The zero-order chi connectivity index (χ0) is 19.8. The van der Waals surface area contributed by atoms with Gasteiger partial charge in [-0.3, -0.25) is 14.9 Å². The van der Waals surface area contributed by atoms with Crippen molar-refractivity contribution >= 4 is 28.3 Å². The Labute approximate surface area is 166 Å². The second kappa shape index (κ2) is 9.75. The van der Waals surface area contributed by atoms with E-state index < -0.39 is 0 Å². The third kappa shape index (κ3) is 5.99. The third-order valence-corrected chi connectivity index (χ3v) is 4.87. The molecule has 28 heavy (non-hydrogen) atoms. The van der Waals surface area contributed by atoms with Crippen molar-refractivity contribution in [3.63, 3.8) is 0 Å². The van der Waals surface area contributed by atoms with Crippen molar-refractivity contribution in [1.29, 1.82) is 0 Å². The topological polar surface area (TPSA) is 71.1 Å². The molecule has 0 saturated heterocycles. The van der Waals surface area contributed by atoms with Gasteiger partial charge in [0.15, 0.2) is 5.13 Å². The summed E-state index contributed by atoms with van der Waals surface area (Å²) in [6.45, 7) is 0.500. The second-order valence-electron chi connectivity index (χ2n) is 6.19. The number of nitrogens with one attached hydrogen (secondary N) is 2. The number of thiazole rings is 1. The van der Waals surface area contributed by atoms with Crippen molar-refractivity contribution in [2.24, 2.45) is 0 Å². The number of rotatable bonds is 8. The van der Waals surface area contributed by atoms with E-state index in [0.717, 1.165) is 11.3 Å². The van der Waals surface area contributed by atoms with Crippen LogP contribution in [0.1, 0.15) is 28.0 Å². The largest absolute Gasteiger partial charge is 0.356 e. The smallest absolute Gasteiger partial charge is 0.257 e. The number of nitrogens with zero attached hydrogens (tertiary/aromatic N) is 1. The second-order valence-corrected chi connectivity index (χ2v) is 7.05. The molecule has 2 amide bonds. The molecule has 0 spiro atoms. The molecule has 0 bridgehead atoms. The fourth-order valence-corrected chi connectivity index (χ4v) is 3.31. The summed E-state index contributed by atoms with van der Waals surface area (Å²) in [6, 6.07) is 15.2. The molecule has 0 aliphatic heterocycles. The molecule has 0 aliphatic carbocycles. The Morgan fingerprint density at radius 2 is 1.75 bits per heavy atom. The Balaban J connectivity index is 1.39. The number of amides is 2. The molecule has 7 heteroatoms. The summed E-state index contributed by atoms with van der Waals surface area (Å²) < 4.78 is 12.9. The Kier molecular flexibility index (Phi) is 6.86. The Morgan fingerprint density at radius 1 is 1.00 bits per heavy atom. The molecule has 0 fully saturated rings. The number of halogens is 1. The van der Waals surface area contributed by atoms with Crippen molar-refractivity contribution in [2.75, 3.05) is 11.9 Å². The van der Waals surface area contributed by atoms with Crippen LogP contribution in [0.2, 0.25) is 0 Å². The minimum atomic E-state index is -0.268. The van der Waals surface area contributed by atoms with E-state index >= 15 is 0 Å². The highest BCUT2D eigenvalue weighted by Gasteiger charge is 2.10. The summed E-state index contributed by atoms with van der Waals surface area (Å²) in [4.78, 5) is 28.4. The molecule has 5 nitrogen and oxygen atoms in total. The number of hydrogen-bond donors (Lipinski definition) is 2. The van der Waals surface area contributed by atoms with Gasteiger partial charge in [0.25, 0.3) is 5.91 Å². The standard InChI is InChI=1S/C21H20FN3O2S/c22-17-8-6-15(7-9-17)12-13-23-19(26)11-10-18-14-28-21(24-18)25-20(27)16-4-2-1-3-5-16/h1-9,14H,10-13H2,(H,23,26)(H,24,25,27). The third-order valence-electron chi connectivity index (χ3n) is 4.07. The van der Waals surface area contributed by atoms with Crippen LogP contribution in [0.4, 0.5) is 9.52 Å². The molecule has 3 rings (SSSR count). The number of benzene rings is 2. The fourth-order valence-electron chi connectivity index (χ4n) is 2.57. The van der Waals surface area contributed by atoms with E-state index in [1.807, 2.05) is 11.4 Å². The molecule has 2 N–H and O–H groups in total. The minimum Gasteiger partial charge on any atom is -0.356 e. The van der Waals surface area contributed by atoms with Crippen LogP contribution >= 0.6 is 11.3 Å². The number of aromatic nitrogens is 1. The normalized spacial score (nSPS) is 10.5. The predicted octanol–water partition coefficient (Wildman–Crippen LogP) is 3.83. The quantitative estimate of drug-likeness (QED) is 0.607. The number of carbonyl (C=O) groups excluding carboxylic acids is 2. The van der Waals surface area contributed by atoms with Gasteiger partial charge in [-0.05, 0) is 42.7 Å². The molecular weight excluding hydrogens is 377 g/mol. The first kappa shape index (κ1) is 19.7. The van der Waals surface area contributed by atoms with Gasteiger partial charge in [0.05, 0.1) is 5.69 Å².